The number of hydrogen-bond donors (Lipinski definition) is 1. The molecule has 6 nitrogen and oxygen atoms in total. The van der Waals surface area contributed by atoms with Crippen molar-refractivity contribution in [3.8, 4) is 0 Å². The predicted octanol–water partition coefficient (Wildman–Crippen LogP) is 3.33. The van der Waals surface area contributed by atoms with Crippen molar-refractivity contribution in [2.24, 2.45) is 0 Å². The van der Waals surface area contributed by atoms with Crippen LogP contribution in [0.5, 0.6) is 0 Å². The molecule has 0 aliphatic carbocycles. The molecule has 0 aliphatic rings. The lowest BCUT2D eigenvalue weighted by Crippen LogP contribution is -2.16. The van der Waals surface area contributed by atoms with Crippen LogP contribution in [0.3, 0.4) is 0 Å². The molecule has 0 fully saturated rings. The zero-order valence-electron chi connectivity index (χ0n) is 13.9. The van der Waals surface area contributed by atoms with Crippen LogP contribution >= 0.6 is 11.3 Å². The van der Waals surface area contributed by atoms with Gasteiger partial charge < -0.3 is 14.8 Å². The first kappa shape index (κ1) is 19.2. The van der Waals surface area contributed by atoms with E-state index in [0.29, 0.717) is 10.6 Å². The molecule has 1 aromatic heterocycles. The maximum Gasteiger partial charge on any atom is 0.341 e. The Morgan fingerprint density at radius 2 is 1.78 bits per heavy atom. The van der Waals surface area contributed by atoms with Gasteiger partial charge in [0.1, 0.15) is 5.00 Å². The van der Waals surface area contributed by atoms with Crippen molar-refractivity contribution in [1.29, 1.82) is 0 Å². The first-order chi connectivity index (χ1) is 10.9. The minimum absolute atomic E-state index is 0.00993. The molecule has 1 rings (SSSR count). The number of anilines is 1. The average molecular weight is 341 g/mol. The molecule has 1 heterocycles. The van der Waals surface area contributed by atoms with Crippen molar-refractivity contribution in [1.82, 2.24) is 0 Å². The molecular formula is C16H23NO5S. The minimum Gasteiger partial charge on any atom is -0.466 e. The van der Waals surface area contributed by atoms with E-state index in [2.05, 4.69) is 5.32 Å². The minimum atomic E-state index is -0.462. The highest BCUT2D eigenvalue weighted by molar-refractivity contribution is 7.16. The van der Waals surface area contributed by atoms with E-state index in [0.717, 1.165) is 4.88 Å². The van der Waals surface area contributed by atoms with E-state index in [1.54, 1.807) is 19.9 Å². The molecule has 0 aliphatic heterocycles. The molecule has 0 saturated carbocycles. The molecule has 0 bridgehead atoms. The number of carbonyl (C=O) groups excluding carboxylic acids is 3. The third-order valence-electron chi connectivity index (χ3n) is 2.93. The van der Waals surface area contributed by atoms with Crippen LogP contribution in [0, 0.1) is 0 Å². The largest absolute Gasteiger partial charge is 0.466 e. The van der Waals surface area contributed by atoms with Gasteiger partial charge in [-0.15, -0.1) is 11.3 Å². The van der Waals surface area contributed by atoms with Crippen molar-refractivity contribution in [3.63, 3.8) is 0 Å². The first-order valence-corrected chi connectivity index (χ1v) is 8.46. The second kappa shape index (κ2) is 9.29. The summed E-state index contributed by atoms with van der Waals surface area (Å²) < 4.78 is 9.80. The summed E-state index contributed by atoms with van der Waals surface area (Å²) in [6, 6.07) is 1.74. The Kier molecular flexibility index (Phi) is 7.74. The average Bonchev–Trinajstić information content (AvgIpc) is 2.90. The quantitative estimate of drug-likeness (QED) is 0.734. The van der Waals surface area contributed by atoms with E-state index in [9.17, 15) is 14.4 Å². The fraction of sp³-hybridized carbons (Fsp3) is 0.562. The number of amides is 1. The van der Waals surface area contributed by atoms with Gasteiger partial charge in [0, 0.05) is 11.3 Å². The van der Waals surface area contributed by atoms with Gasteiger partial charge in [-0.2, -0.15) is 0 Å². The van der Waals surface area contributed by atoms with Gasteiger partial charge in [-0.25, -0.2) is 4.79 Å². The molecule has 7 heteroatoms. The first-order valence-electron chi connectivity index (χ1n) is 7.65. The number of thiophene rings is 1. The summed E-state index contributed by atoms with van der Waals surface area (Å²) in [4.78, 5) is 36.2. The third kappa shape index (κ3) is 6.02. The number of carbonyl (C=O) groups is 3. The second-order valence-electron chi connectivity index (χ2n) is 5.12. The molecule has 0 spiro atoms. The molecular weight excluding hydrogens is 318 g/mol. The molecule has 1 aromatic rings. The zero-order chi connectivity index (χ0) is 17.4. The van der Waals surface area contributed by atoms with Gasteiger partial charge in [0.2, 0.25) is 5.91 Å². The molecule has 0 radical (unpaired) electrons. The summed E-state index contributed by atoms with van der Waals surface area (Å²) in [5.41, 5.74) is 0.352. The summed E-state index contributed by atoms with van der Waals surface area (Å²) in [6.45, 7) is 8.01. The molecule has 0 saturated heterocycles. The monoisotopic (exact) mass is 341 g/mol. The van der Waals surface area contributed by atoms with Crippen LogP contribution in [0.1, 0.15) is 61.7 Å². The fourth-order valence-electron chi connectivity index (χ4n) is 1.79. The summed E-state index contributed by atoms with van der Waals surface area (Å²) in [5, 5.41) is 3.15. The summed E-state index contributed by atoms with van der Waals surface area (Å²) in [5.74, 6) is -0.974. The number of nitrogens with one attached hydrogen (secondary N) is 1. The van der Waals surface area contributed by atoms with E-state index in [4.69, 9.17) is 9.47 Å². The Bertz CT molecular complexity index is 565. The molecule has 128 valence electrons. The number of esters is 2. The van der Waals surface area contributed by atoms with Gasteiger partial charge in [-0.05, 0) is 25.8 Å². The Labute approximate surface area is 140 Å². The Balaban J connectivity index is 2.79. The van der Waals surface area contributed by atoms with Crippen LogP contribution in [-0.4, -0.2) is 31.1 Å². The Morgan fingerprint density at radius 1 is 1.13 bits per heavy atom. The van der Waals surface area contributed by atoms with Gasteiger partial charge >= 0.3 is 11.9 Å². The predicted molar refractivity (Wildman–Crippen MR) is 88.9 cm³/mol. The molecule has 1 N–H and O–H groups in total. The van der Waals surface area contributed by atoms with Crippen LogP contribution in [0.2, 0.25) is 0 Å². The highest BCUT2D eigenvalue weighted by atomic mass is 32.1. The lowest BCUT2D eigenvalue weighted by molar-refractivity contribution is -0.144. The van der Waals surface area contributed by atoms with E-state index in [1.807, 2.05) is 13.8 Å². The Morgan fingerprint density at radius 3 is 2.35 bits per heavy atom. The lowest BCUT2D eigenvalue weighted by atomic mass is 10.1. The summed E-state index contributed by atoms with van der Waals surface area (Å²) in [7, 11) is 0. The fourth-order valence-corrected chi connectivity index (χ4v) is 2.85. The van der Waals surface area contributed by atoms with E-state index < -0.39 is 11.9 Å². The molecule has 0 aromatic carbocycles. The number of hydrogen-bond acceptors (Lipinski definition) is 6. The van der Waals surface area contributed by atoms with Gasteiger partial charge in [0.15, 0.2) is 0 Å². The summed E-state index contributed by atoms with van der Waals surface area (Å²) in [6.07, 6.45) is 0.0207. The SMILES string of the molecule is CCOC(=O)CCC(=O)Nc1sc(C(C)C)cc1C(=O)OCC. The van der Waals surface area contributed by atoms with E-state index in [1.165, 1.54) is 11.3 Å². The smallest absolute Gasteiger partial charge is 0.341 e. The molecule has 0 unspecified atom stereocenters. The zero-order valence-corrected chi connectivity index (χ0v) is 14.7. The summed E-state index contributed by atoms with van der Waals surface area (Å²) >= 11 is 1.35. The van der Waals surface area contributed by atoms with Gasteiger partial charge in [0.25, 0.3) is 0 Å². The molecule has 1 amide bonds. The second-order valence-corrected chi connectivity index (χ2v) is 6.20. The van der Waals surface area contributed by atoms with Gasteiger partial charge in [-0.1, -0.05) is 13.8 Å². The maximum absolute atomic E-state index is 12.0. The van der Waals surface area contributed by atoms with Crippen LogP contribution in [0.15, 0.2) is 6.07 Å². The van der Waals surface area contributed by atoms with Crippen molar-refractivity contribution in [3.05, 3.63) is 16.5 Å². The van der Waals surface area contributed by atoms with Crippen LogP contribution in [0.4, 0.5) is 5.00 Å². The third-order valence-corrected chi connectivity index (χ3v) is 4.28. The highest BCUT2D eigenvalue weighted by Crippen LogP contribution is 2.33. The standard InChI is InChI=1S/C16H23NO5S/c1-5-21-14(19)8-7-13(18)17-15-11(16(20)22-6-2)9-12(23-15)10(3)4/h9-10H,5-8H2,1-4H3,(H,17,18). The normalized spacial score (nSPS) is 10.5. The maximum atomic E-state index is 12.0. The topological polar surface area (TPSA) is 81.7 Å². The lowest BCUT2D eigenvalue weighted by Gasteiger charge is -2.06. The van der Waals surface area contributed by atoms with E-state index >= 15 is 0 Å². The van der Waals surface area contributed by atoms with Crippen molar-refractivity contribution in [2.45, 2.75) is 46.5 Å². The highest BCUT2D eigenvalue weighted by Gasteiger charge is 2.20. The molecule has 0 atom stereocenters. The van der Waals surface area contributed by atoms with Crippen LogP contribution < -0.4 is 5.32 Å². The number of rotatable bonds is 8. The number of ether oxygens (including phenoxy) is 2. The van der Waals surface area contributed by atoms with Crippen molar-refractivity contribution >= 4 is 34.2 Å². The van der Waals surface area contributed by atoms with Crippen LogP contribution in [0.25, 0.3) is 0 Å². The Hall–Kier alpha value is -1.89. The van der Waals surface area contributed by atoms with Gasteiger partial charge in [-0.3, -0.25) is 9.59 Å². The van der Waals surface area contributed by atoms with E-state index in [-0.39, 0.29) is 37.9 Å². The van der Waals surface area contributed by atoms with Gasteiger partial charge in [0.05, 0.1) is 25.2 Å². The van der Waals surface area contributed by atoms with Crippen LogP contribution in [-0.2, 0) is 19.1 Å². The van der Waals surface area contributed by atoms with Crippen molar-refractivity contribution in [2.75, 3.05) is 18.5 Å². The van der Waals surface area contributed by atoms with Crippen molar-refractivity contribution < 1.29 is 23.9 Å². The molecule has 23 heavy (non-hydrogen) atoms.